The molecule has 0 aliphatic heterocycles. The molecular weight excluding hydrogens is 607 g/mol. The third-order valence-corrected chi connectivity index (χ3v) is 11.4. The number of rotatable bonds is 5. The van der Waals surface area contributed by atoms with E-state index in [4.69, 9.17) is 4.42 Å². The van der Waals surface area contributed by atoms with E-state index in [0.717, 1.165) is 39.0 Å². The predicted octanol–water partition coefficient (Wildman–Crippen LogP) is 13.6. The SMILES string of the molecule is CC1(C)c2cc(-c3ccccc3)ccc2-c2c(-c3ccc(N(c4ccccc4)c4cccc5c4oc4ccccc45)cc3)cccc2C1(C)C. The maximum atomic E-state index is 6.53. The average Bonchev–Trinajstić information content (AvgIpc) is 3.55. The van der Waals surface area contributed by atoms with Crippen molar-refractivity contribution in [2.75, 3.05) is 4.90 Å². The van der Waals surface area contributed by atoms with Crippen molar-refractivity contribution < 1.29 is 4.42 Å². The summed E-state index contributed by atoms with van der Waals surface area (Å²) in [5.74, 6) is 0. The molecule has 50 heavy (non-hydrogen) atoms. The summed E-state index contributed by atoms with van der Waals surface area (Å²) >= 11 is 0. The molecule has 8 aromatic rings. The van der Waals surface area contributed by atoms with E-state index in [2.05, 4.69) is 184 Å². The average molecular weight is 646 g/mol. The van der Waals surface area contributed by atoms with Crippen LogP contribution in [0.1, 0.15) is 38.8 Å². The lowest BCUT2D eigenvalue weighted by Crippen LogP contribution is -2.43. The van der Waals surface area contributed by atoms with Gasteiger partial charge in [-0.2, -0.15) is 0 Å². The van der Waals surface area contributed by atoms with Gasteiger partial charge in [-0.1, -0.05) is 149 Å². The molecule has 242 valence electrons. The van der Waals surface area contributed by atoms with Crippen LogP contribution in [0.5, 0.6) is 0 Å². The summed E-state index contributed by atoms with van der Waals surface area (Å²) in [6, 6.07) is 59.1. The van der Waals surface area contributed by atoms with Crippen LogP contribution in [-0.2, 0) is 10.8 Å². The molecular formula is C48H39NO. The first-order valence-corrected chi connectivity index (χ1v) is 17.5. The van der Waals surface area contributed by atoms with E-state index in [1.54, 1.807) is 0 Å². The molecule has 9 rings (SSSR count). The minimum absolute atomic E-state index is 0.0730. The molecule has 0 bridgehead atoms. The first-order chi connectivity index (χ1) is 24.3. The van der Waals surface area contributed by atoms with Crippen LogP contribution in [0.2, 0.25) is 0 Å². The van der Waals surface area contributed by atoms with Gasteiger partial charge in [-0.3, -0.25) is 0 Å². The smallest absolute Gasteiger partial charge is 0.159 e. The highest BCUT2D eigenvalue weighted by atomic mass is 16.3. The molecule has 1 aliphatic rings. The Morgan fingerprint density at radius 3 is 1.84 bits per heavy atom. The molecule has 0 fully saturated rings. The van der Waals surface area contributed by atoms with E-state index in [1.807, 2.05) is 12.1 Å². The van der Waals surface area contributed by atoms with Crippen LogP contribution in [0.3, 0.4) is 0 Å². The van der Waals surface area contributed by atoms with Gasteiger partial charge < -0.3 is 9.32 Å². The first kappa shape index (κ1) is 30.2. The molecule has 1 aliphatic carbocycles. The molecule has 0 radical (unpaired) electrons. The Labute approximate surface area is 294 Å². The summed E-state index contributed by atoms with van der Waals surface area (Å²) in [5.41, 5.74) is 15.2. The Kier molecular flexibility index (Phi) is 6.86. The predicted molar refractivity (Wildman–Crippen MR) is 211 cm³/mol. The van der Waals surface area contributed by atoms with Crippen molar-refractivity contribution in [2.45, 2.75) is 38.5 Å². The quantitative estimate of drug-likeness (QED) is 0.185. The molecule has 0 saturated carbocycles. The molecule has 0 saturated heterocycles. The largest absolute Gasteiger partial charge is 0.454 e. The third kappa shape index (κ3) is 4.55. The van der Waals surface area contributed by atoms with Gasteiger partial charge in [0, 0.05) is 22.1 Å². The molecule has 0 N–H and O–H groups in total. The van der Waals surface area contributed by atoms with Crippen molar-refractivity contribution in [3.05, 3.63) is 175 Å². The highest BCUT2D eigenvalue weighted by Gasteiger charge is 2.46. The van der Waals surface area contributed by atoms with Gasteiger partial charge >= 0.3 is 0 Å². The van der Waals surface area contributed by atoms with E-state index >= 15 is 0 Å². The maximum absolute atomic E-state index is 6.53. The standard InChI is InChI=1S/C48H39NO/c1-47(2)41-22-13-20-37(45(41)40-30-27-34(31-42(40)48(47,3)4)32-15-7-5-8-16-32)33-25-28-36(29-26-33)49(35-17-9-6-10-18-35)43-23-14-21-39-38-19-11-12-24-44(38)50-46(39)43/h5-31H,1-4H3. The summed E-state index contributed by atoms with van der Waals surface area (Å²) < 4.78 is 6.53. The van der Waals surface area contributed by atoms with Crippen LogP contribution < -0.4 is 4.90 Å². The molecule has 0 atom stereocenters. The molecule has 2 nitrogen and oxygen atoms in total. The lowest BCUT2D eigenvalue weighted by atomic mass is 9.54. The number of anilines is 3. The molecule has 0 unspecified atom stereocenters. The lowest BCUT2D eigenvalue weighted by molar-refractivity contribution is 0.299. The minimum Gasteiger partial charge on any atom is -0.454 e. The van der Waals surface area contributed by atoms with Gasteiger partial charge in [0.05, 0.1) is 5.69 Å². The van der Waals surface area contributed by atoms with Gasteiger partial charge in [0.2, 0.25) is 0 Å². The molecule has 1 aromatic heterocycles. The van der Waals surface area contributed by atoms with Crippen LogP contribution in [0.15, 0.2) is 168 Å². The number of benzene rings is 7. The number of furan rings is 1. The van der Waals surface area contributed by atoms with Gasteiger partial charge in [-0.15, -0.1) is 0 Å². The van der Waals surface area contributed by atoms with Crippen LogP contribution in [-0.4, -0.2) is 0 Å². The van der Waals surface area contributed by atoms with E-state index in [9.17, 15) is 0 Å². The van der Waals surface area contributed by atoms with Gasteiger partial charge in [-0.05, 0) is 97.8 Å². The second kappa shape index (κ2) is 11.4. The van der Waals surface area contributed by atoms with Gasteiger partial charge in [0.25, 0.3) is 0 Å². The number of fused-ring (bicyclic) bond motifs is 6. The number of hydrogen-bond donors (Lipinski definition) is 0. The Morgan fingerprint density at radius 2 is 1.06 bits per heavy atom. The van der Waals surface area contributed by atoms with Crippen molar-refractivity contribution in [3.8, 4) is 33.4 Å². The Balaban J connectivity index is 1.19. The Hall–Kier alpha value is -5.86. The zero-order valence-corrected chi connectivity index (χ0v) is 28.9. The second-order valence-corrected chi connectivity index (χ2v) is 14.6. The van der Waals surface area contributed by atoms with E-state index in [-0.39, 0.29) is 10.8 Å². The topological polar surface area (TPSA) is 16.4 Å². The molecule has 0 amide bonds. The van der Waals surface area contributed by atoms with Crippen molar-refractivity contribution in [3.63, 3.8) is 0 Å². The zero-order valence-electron chi connectivity index (χ0n) is 28.9. The van der Waals surface area contributed by atoms with Crippen LogP contribution in [0.4, 0.5) is 17.1 Å². The highest BCUT2D eigenvalue weighted by molar-refractivity contribution is 6.10. The van der Waals surface area contributed by atoms with Crippen LogP contribution in [0, 0.1) is 0 Å². The summed E-state index contributed by atoms with van der Waals surface area (Å²) in [4.78, 5) is 2.31. The van der Waals surface area contributed by atoms with Crippen molar-refractivity contribution in [2.24, 2.45) is 0 Å². The number of para-hydroxylation sites is 3. The second-order valence-electron chi connectivity index (χ2n) is 14.6. The molecule has 7 aromatic carbocycles. The van der Waals surface area contributed by atoms with E-state index < -0.39 is 0 Å². The normalized spacial score (nSPS) is 14.3. The van der Waals surface area contributed by atoms with Crippen molar-refractivity contribution in [1.82, 2.24) is 0 Å². The Morgan fingerprint density at radius 1 is 0.440 bits per heavy atom. The van der Waals surface area contributed by atoms with Crippen molar-refractivity contribution in [1.29, 1.82) is 0 Å². The highest BCUT2D eigenvalue weighted by Crippen LogP contribution is 2.56. The van der Waals surface area contributed by atoms with Crippen LogP contribution in [0.25, 0.3) is 55.3 Å². The summed E-state index contributed by atoms with van der Waals surface area (Å²) in [6.07, 6.45) is 0. The monoisotopic (exact) mass is 645 g/mol. The number of nitrogens with zero attached hydrogens (tertiary/aromatic N) is 1. The summed E-state index contributed by atoms with van der Waals surface area (Å²) in [5, 5.41) is 2.25. The number of hydrogen-bond acceptors (Lipinski definition) is 2. The molecule has 2 heteroatoms. The fourth-order valence-electron chi connectivity index (χ4n) is 8.07. The lowest BCUT2D eigenvalue weighted by Gasteiger charge is -2.49. The fraction of sp³-hybridized carbons (Fsp3) is 0.125. The molecule has 1 heterocycles. The maximum Gasteiger partial charge on any atom is 0.159 e. The van der Waals surface area contributed by atoms with Gasteiger partial charge in [0.15, 0.2) is 5.58 Å². The minimum atomic E-state index is -0.0873. The third-order valence-electron chi connectivity index (χ3n) is 11.4. The van der Waals surface area contributed by atoms with E-state index in [0.29, 0.717) is 0 Å². The molecule has 0 spiro atoms. The zero-order chi connectivity index (χ0) is 34.0. The van der Waals surface area contributed by atoms with Gasteiger partial charge in [0.1, 0.15) is 5.58 Å². The van der Waals surface area contributed by atoms with Gasteiger partial charge in [-0.25, -0.2) is 0 Å². The summed E-state index contributed by atoms with van der Waals surface area (Å²) in [7, 11) is 0. The van der Waals surface area contributed by atoms with E-state index in [1.165, 1.54) is 44.5 Å². The first-order valence-electron chi connectivity index (χ1n) is 17.5. The van der Waals surface area contributed by atoms with Crippen LogP contribution >= 0.6 is 0 Å². The summed E-state index contributed by atoms with van der Waals surface area (Å²) in [6.45, 7) is 9.64. The Bertz CT molecular complexity index is 2520. The fourth-order valence-corrected chi connectivity index (χ4v) is 8.07. The van der Waals surface area contributed by atoms with Crippen molar-refractivity contribution >= 4 is 39.0 Å².